The zero-order valence-corrected chi connectivity index (χ0v) is 10.7. The highest BCUT2D eigenvalue weighted by Crippen LogP contribution is 2.14. The Morgan fingerprint density at radius 1 is 1.35 bits per heavy atom. The number of hydrogen-bond acceptors (Lipinski definition) is 6. The third-order valence-electron chi connectivity index (χ3n) is 2.63. The number of hydrogen-bond donors (Lipinski definition) is 0. The Kier molecular flexibility index (Phi) is 3.20. The van der Waals surface area contributed by atoms with Gasteiger partial charge in [-0.05, 0) is 17.3 Å². The summed E-state index contributed by atoms with van der Waals surface area (Å²) in [5, 5.41) is 15.7. The van der Waals surface area contributed by atoms with Gasteiger partial charge in [-0.3, -0.25) is 0 Å². The molecule has 0 aliphatic heterocycles. The van der Waals surface area contributed by atoms with E-state index in [9.17, 15) is 4.39 Å². The molecule has 0 fully saturated rings. The Balaban J connectivity index is 1.80. The van der Waals surface area contributed by atoms with Gasteiger partial charge in [0.05, 0.1) is 0 Å². The molecule has 3 rings (SSSR count). The van der Waals surface area contributed by atoms with E-state index in [4.69, 9.17) is 4.52 Å². The zero-order chi connectivity index (χ0) is 13.9. The van der Waals surface area contributed by atoms with Crippen molar-refractivity contribution in [2.24, 2.45) is 0 Å². The minimum atomic E-state index is -0.343. The van der Waals surface area contributed by atoms with Gasteiger partial charge < -0.3 is 4.52 Å². The van der Waals surface area contributed by atoms with Crippen LogP contribution in [-0.4, -0.2) is 30.3 Å². The Morgan fingerprint density at radius 3 is 3.00 bits per heavy atom. The fraction of sp³-hybridized carbons (Fsp3) is 0.250. The molecule has 0 amide bonds. The lowest BCUT2D eigenvalue weighted by atomic mass is 10.2. The van der Waals surface area contributed by atoms with Crippen LogP contribution in [0.15, 0.2) is 28.8 Å². The summed E-state index contributed by atoms with van der Waals surface area (Å²) in [5.41, 5.74) is 0.568. The largest absolute Gasteiger partial charge is 0.339 e. The number of halogens is 1. The van der Waals surface area contributed by atoms with Gasteiger partial charge in [-0.15, -0.1) is 10.2 Å². The number of aromatic nitrogens is 6. The van der Waals surface area contributed by atoms with Gasteiger partial charge in [0.15, 0.2) is 5.82 Å². The van der Waals surface area contributed by atoms with Gasteiger partial charge in [0, 0.05) is 12.0 Å². The van der Waals surface area contributed by atoms with Crippen molar-refractivity contribution in [1.82, 2.24) is 30.3 Å². The maximum atomic E-state index is 13.1. The molecule has 7 nitrogen and oxygen atoms in total. The first-order chi connectivity index (χ1) is 9.74. The van der Waals surface area contributed by atoms with Gasteiger partial charge in [0.25, 0.3) is 0 Å². The molecular formula is C12H11FN6O. The van der Waals surface area contributed by atoms with Crippen LogP contribution in [0.1, 0.15) is 18.6 Å². The van der Waals surface area contributed by atoms with Crippen molar-refractivity contribution >= 4 is 0 Å². The molecule has 8 heteroatoms. The smallest absolute Gasteiger partial charge is 0.226 e. The Morgan fingerprint density at radius 2 is 2.25 bits per heavy atom. The lowest BCUT2D eigenvalue weighted by molar-refractivity contribution is 0.373. The van der Waals surface area contributed by atoms with Crippen LogP contribution in [0.3, 0.4) is 0 Å². The minimum absolute atomic E-state index is 0.256. The molecule has 0 bridgehead atoms. The highest BCUT2D eigenvalue weighted by atomic mass is 19.1. The van der Waals surface area contributed by atoms with E-state index in [2.05, 4.69) is 25.6 Å². The molecule has 0 radical (unpaired) electrons. The van der Waals surface area contributed by atoms with Gasteiger partial charge in [0.2, 0.25) is 11.7 Å². The molecule has 2 heterocycles. The molecule has 0 atom stereocenters. The average Bonchev–Trinajstić information content (AvgIpc) is 3.08. The summed E-state index contributed by atoms with van der Waals surface area (Å²) in [6.45, 7) is 2.18. The Bertz CT molecular complexity index is 722. The summed E-state index contributed by atoms with van der Waals surface area (Å²) >= 11 is 0. The molecule has 3 aromatic rings. The van der Waals surface area contributed by atoms with Crippen LogP contribution in [0.5, 0.6) is 0 Å². The Hall–Kier alpha value is -2.64. The highest BCUT2D eigenvalue weighted by Gasteiger charge is 2.10. The second kappa shape index (κ2) is 5.16. The van der Waals surface area contributed by atoms with Crippen LogP contribution < -0.4 is 0 Å². The summed E-state index contributed by atoms with van der Waals surface area (Å²) in [4.78, 5) is 5.49. The average molecular weight is 274 g/mol. The number of aryl methyl sites for hydroxylation is 1. The summed E-state index contributed by atoms with van der Waals surface area (Å²) in [6, 6.07) is 6.02. The third kappa shape index (κ3) is 2.53. The molecule has 1 aromatic carbocycles. The van der Waals surface area contributed by atoms with E-state index in [1.807, 2.05) is 6.92 Å². The van der Waals surface area contributed by atoms with E-state index >= 15 is 0 Å². The van der Waals surface area contributed by atoms with E-state index in [1.165, 1.54) is 16.9 Å². The fourth-order valence-corrected chi connectivity index (χ4v) is 1.68. The van der Waals surface area contributed by atoms with Crippen LogP contribution in [0.4, 0.5) is 4.39 Å². The van der Waals surface area contributed by atoms with E-state index < -0.39 is 0 Å². The van der Waals surface area contributed by atoms with E-state index in [0.717, 1.165) is 0 Å². The molecule has 0 spiro atoms. The van der Waals surface area contributed by atoms with Crippen LogP contribution in [0, 0.1) is 5.82 Å². The third-order valence-corrected chi connectivity index (χ3v) is 2.63. The van der Waals surface area contributed by atoms with Crippen molar-refractivity contribution in [2.75, 3.05) is 0 Å². The number of nitrogens with zero attached hydrogens (tertiary/aromatic N) is 6. The minimum Gasteiger partial charge on any atom is -0.339 e. The van der Waals surface area contributed by atoms with Crippen molar-refractivity contribution in [3.05, 3.63) is 41.8 Å². The summed E-state index contributed by atoms with van der Waals surface area (Å²) in [6.07, 6.45) is 0.673. The zero-order valence-electron chi connectivity index (χ0n) is 10.7. The van der Waals surface area contributed by atoms with Crippen LogP contribution in [0.25, 0.3) is 11.4 Å². The molecule has 20 heavy (non-hydrogen) atoms. The van der Waals surface area contributed by atoms with Crippen molar-refractivity contribution in [3.8, 4) is 11.4 Å². The SMILES string of the molecule is CCc1nc(Cn2nnc(-c3cccc(F)c3)n2)no1. The van der Waals surface area contributed by atoms with Gasteiger partial charge in [-0.1, -0.05) is 24.2 Å². The fourth-order valence-electron chi connectivity index (χ4n) is 1.68. The molecule has 0 aliphatic carbocycles. The van der Waals surface area contributed by atoms with Crippen molar-refractivity contribution in [2.45, 2.75) is 19.9 Å². The predicted octanol–water partition coefficient (Wildman–Crippen LogP) is 1.47. The second-order valence-electron chi connectivity index (χ2n) is 4.11. The maximum Gasteiger partial charge on any atom is 0.226 e. The standard InChI is InChI=1S/C12H11FN6O/c1-2-11-14-10(17-20-11)7-19-16-12(15-18-19)8-4-3-5-9(13)6-8/h3-6H,2,7H2,1H3. The topological polar surface area (TPSA) is 82.5 Å². The molecular weight excluding hydrogens is 263 g/mol. The second-order valence-corrected chi connectivity index (χ2v) is 4.11. The molecule has 0 aliphatic rings. The van der Waals surface area contributed by atoms with Gasteiger partial charge in [-0.25, -0.2) is 4.39 Å². The van der Waals surface area contributed by atoms with Crippen molar-refractivity contribution in [1.29, 1.82) is 0 Å². The monoisotopic (exact) mass is 274 g/mol. The quantitative estimate of drug-likeness (QED) is 0.716. The maximum absolute atomic E-state index is 13.1. The molecule has 0 saturated carbocycles. The normalized spacial score (nSPS) is 10.9. The lowest BCUT2D eigenvalue weighted by Gasteiger charge is -1.94. The summed E-state index contributed by atoms with van der Waals surface area (Å²) < 4.78 is 18.1. The first-order valence-corrected chi connectivity index (χ1v) is 6.10. The molecule has 102 valence electrons. The lowest BCUT2D eigenvalue weighted by Crippen LogP contribution is -2.05. The van der Waals surface area contributed by atoms with E-state index in [-0.39, 0.29) is 12.4 Å². The predicted molar refractivity (Wildman–Crippen MR) is 66.0 cm³/mol. The highest BCUT2D eigenvalue weighted by molar-refractivity contribution is 5.53. The van der Waals surface area contributed by atoms with Crippen LogP contribution in [0.2, 0.25) is 0 Å². The van der Waals surface area contributed by atoms with Gasteiger partial charge in [0.1, 0.15) is 12.4 Å². The van der Waals surface area contributed by atoms with E-state index in [1.54, 1.807) is 12.1 Å². The molecule has 0 saturated heterocycles. The molecule has 0 N–H and O–H groups in total. The van der Waals surface area contributed by atoms with Crippen LogP contribution >= 0.6 is 0 Å². The van der Waals surface area contributed by atoms with Crippen molar-refractivity contribution in [3.63, 3.8) is 0 Å². The molecule has 2 aromatic heterocycles. The number of rotatable bonds is 4. The van der Waals surface area contributed by atoms with E-state index in [0.29, 0.717) is 29.5 Å². The first-order valence-electron chi connectivity index (χ1n) is 6.10. The molecule has 0 unspecified atom stereocenters. The number of benzene rings is 1. The summed E-state index contributed by atoms with van der Waals surface area (Å²) in [5.74, 6) is 1.05. The summed E-state index contributed by atoms with van der Waals surface area (Å²) in [7, 11) is 0. The van der Waals surface area contributed by atoms with Gasteiger partial charge in [-0.2, -0.15) is 9.78 Å². The van der Waals surface area contributed by atoms with Gasteiger partial charge >= 0.3 is 0 Å². The first kappa shape index (κ1) is 12.4. The van der Waals surface area contributed by atoms with Crippen LogP contribution in [-0.2, 0) is 13.0 Å². The number of tetrazole rings is 1. The van der Waals surface area contributed by atoms with Crippen molar-refractivity contribution < 1.29 is 8.91 Å². The Labute approximate surface area is 113 Å².